The summed E-state index contributed by atoms with van der Waals surface area (Å²) < 4.78 is 6.78. The summed E-state index contributed by atoms with van der Waals surface area (Å²) >= 11 is 0. The molecule has 2 aromatic heterocycles. The second-order valence-corrected chi connectivity index (χ2v) is 3.16. The lowest BCUT2D eigenvalue weighted by atomic mass is 10.2. The number of methoxy groups -OCH3 is 1. The van der Waals surface area contributed by atoms with Gasteiger partial charge in [-0.15, -0.1) is 0 Å². The van der Waals surface area contributed by atoms with Gasteiger partial charge in [0.05, 0.1) is 12.6 Å². The Balaban J connectivity index is 2.44. The van der Waals surface area contributed by atoms with E-state index in [2.05, 4.69) is 15.1 Å². The Morgan fingerprint density at radius 1 is 1.27 bits per heavy atom. The molecular weight excluding hydrogens is 192 g/mol. The summed E-state index contributed by atoms with van der Waals surface area (Å²) in [5.41, 5.74) is 1.66. The zero-order valence-electron chi connectivity index (χ0n) is 8.08. The Morgan fingerprint density at radius 3 is 3.07 bits per heavy atom. The first-order valence-corrected chi connectivity index (χ1v) is 4.50. The zero-order valence-corrected chi connectivity index (χ0v) is 8.08. The third kappa shape index (κ3) is 1.13. The van der Waals surface area contributed by atoms with E-state index in [1.807, 2.05) is 18.2 Å². The zero-order chi connectivity index (χ0) is 10.3. The molecule has 0 amide bonds. The second kappa shape index (κ2) is 2.91. The van der Waals surface area contributed by atoms with E-state index in [9.17, 15) is 0 Å². The Hall–Kier alpha value is -2.17. The molecular formula is C10H8N4O. The van der Waals surface area contributed by atoms with Gasteiger partial charge >= 0.3 is 0 Å². The molecule has 0 bridgehead atoms. The number of aromatic nitrogens is 4. The van der Waals surface area contributed by atoms with E-state index in [-0.39, 0.29) is 0 Å². The van der Waals surface area contributed by atoms with Gasteiger partial charge in [0.1, 0.15) is 18.4 Å². The lowest BCUT2D eigenvalue weighted by molar-refractivity contribution is 0.415. The van der Waals surface area contributed by atoms with Crippen LogP contribution in [0.1, 0.15) is 0 Å². The van der Waals surface area contributed by atoms with Gasteiger partial charge in [0.15, 0.2) is 5.65 Å². The third-order valence-corrected chi connectivity index (χ3v) is 2.33. The molecule has 5 heteroatoms. The summed E-state index contributed by atoms with van der Waals surface area (Å²) in [6, 6.07) is 5.70. The summed E-state index contributed by atoms with van der Waals surface area (Å²) in [7, 11) is 1.64. The molecule has 2 heterocycles. The van der Waals surface area contributed by atoms with Crippen LogP contribution < -0.4 is 4.74 Å². The van der Waals surface area contributed by atoms with E-state index in [0.717, 1.165) is 22.3 Å². The highest BCUT2D eigenvalue weighted by atomic mass is 16.5. The van der Waals surface area contributed by atoms with Crippen LogP contribution in [0.3, 0.4) is 0 Å². The molecule has 0 unspecified atom stereocenters. The van der Waals surface area contributed by atoms with Gasteiger partial charge < -0.3 is 4.74 Å². The van der Waals surface area contributed by atoms with E-state index >= 15 is 0 Å². The number of nitrogens with zero attached hydrogens (tertiary/aromatic N) is 4. The largest absolute Gasteiger partial charge is 0.497 e. The summed E-state index contributed by atoms with van der Waals surface area (Å²) in [6.45, 7) is 0. The van der Waals surface area contributed by atoms with Gasteiger partial charge in [-0.2, -0.15) is 5.10 Å². The fraction of sp³-hybridized carbons (Fsp3) is 0.100. The first-order chi connectivity index (χ1) is 7.38. The minimum absolute atomic E-state index is 0.791. The van der Waals surface area contributed by atoms with E-state index < -0.39 is 0 Å². The van der Waals surface area contributed by atoms with Gasteiger partial charge in [0.2, 0.25) is 0 Å². The minimum Gasteiger partial charge on any atom is -0.497 e. The van der Waals surface area contributed by atoms with Gasteiger partial charge in [-0.3, -0.25) is 0 Å². The second-order valence-electron chi connectivity index (χ2n) is 3.16. The molecule has 0 saturated carbocycles. The maximum atomic E-state index is 5.13. The molecule has 3 aromatic rings. The fourth-order valence-corrected chi connectivity index (χ4v) is 1.58. The number of rotatable bonds is 1. The van der Waals surface area contributed by atoms with Crippen molar-refractivity contribution in [2.24, 2.45) is 0 Å². The Morgan fingerprint density at radius 2 is 2.20 bits per heavy atom. The molecule has 0 N–H and O–H groups in total. The van der Waals surface area contributed by atoms with Crippen molar-refractivity contribution < 1.29 is 4.74 Å². The van der Waals surface area contributed by atoms with Crippen molar-refractivity contribution >= 4 is 16.6 Å². The van der Waals surface area contributed by atoms with Crippen molar-refractivity contribution in [1.29, 1.82) is 0 Å². The molecule has 0 spiro atoms. The average molecular weight is 200 g/mol. The fourth-order valence-electron chi connectivity index (χ4n) is 1.58. The summed E-state index contributed by atoms with van der Waals surface area (Å²) in [5, 5.41) is 4.99. The molecule has 0 saturated heterocycles. The number of benzene rings is 1. The van der Waals surface area contributed by atoms with Crippen LogP contribution in [0, 0.1) is 0 Å². The van der Waals surface area contributed by atoms with Gasteiger partial charge in [-0.25, -0.2) is 14.5 Å². The summed E-state index contributed by atoms with van der Waals surface area (Å²) in [5.74, 6) is 0.791. The van der Waals surface area contributed by atoms with Crippen LogP contribution in [0.4, 0.5) is 0 Å². The van der Waals surface area contributed by atoms with Gasteiger partial charge in [-0.1, -0.05) is 0 Å². The molecule has 3 rings (SSSR count). The van der Waals surface area contributed by atoms with Crippen LogP contribution >= 0.6 is 0 Å². The topological polar surface area (TPSA) is 52.3 Å². The lowest BCUT2D eigenvalue weighted by Gasteiger charge is -2.01. The van der Waals surface area contributed by atoms with Crippen molar-refractivity contribution in [3.63, 3.8) is 0 Å². The van der Waals surface area contributed by atoms with E-state index in [4.69, 9.17) is 4.74 Å². The normalized spacial score (nSPS) is 11.0. The molecule has 0 radical (unpaired) electrons. The SMILES string of the molecule is COc1ccc2c(c1)ncn1ncnc21. The first-order valence-electron chi connectivity index (χ1n) is 4.50. The van der Waals surface area contributed by atoms with Gasteiger partial charge in [0.25, 0.3) is 0 Å². The van der Waals surface area contributed by atoms with Crippen LogP contribution in [0.25, 0.3) is 16.6 Å². The standard InChI is InChI=1S/C10H8N4O/c1-15-7-2-3-8-9(4-7)12-6-14-10(8)11-5-13-14/h2-6H,1H3. The minimum atomic E-state index is 0.791. The summed E-state index contributed by atoms with van der Waals surface area (Å²) in [4.78, 5) is 8.44. The van der Waals surface area contributed by atoms with Crippen LogP contribution in [-0.4, -0.2) is 26.7 Å². The van der Waals surface area contributed by atoms with Crippen molar-refractivity contribution in [1.82, 2.24) is 19.6 Å². The Labute approximate surface area is 85.3 Å². The highest BCUT2D eigenvalue weighted by molar-refractivity contribution is 5.91. The summed E-state index contributed by atoms with van der Waals surface area (Å²) in [6.07, 6.45) is 3.16. The number of hydrogen-bond donors (Lipinski definition) is 0. The van der Waals surface area contributed by atoms with Crippen molar-refractivity contribution in [2.45, 2.75) is 0 Å². The lowest BCUT2D eigenvalue weighted by Crippen LogP contribution is -1.91. The highest BCUT2D eigenvalue weighted by Gasteiger charge is 2.04. The Kier molecular flexibility index (Phi) is 1.58. The van der Waals surface area contributed by atoms with Crippen LogP contribution in [0.2, 0.25) is 0 Å². The van der Waals surface area contributed by atoms with Gasteiger partial charge in [0, 0.05) is 11.5 Å². The molecule has 74 valence electrons. The smallest absolute Gasteiger partial charge is 0.166 e. The number of hydrogen-bond acceptors (Lipinski definition) is 4. The Bertz CT molecular complexity index is 631. The van der Waals surface area contributed by atoms with E-state index in [0.29, 0.717) is 0 Å². The highest BCUT2D eigenvalue weighted by Crippen LogP contribution is 2.20. The molecule has 0 atom stereocenters. The average Bonchev–Trinajstić information content (AvgIpc) is 2.76. The van der Waals surface area contributed by atoms with Crippen molar-refractivity contribution in [2.75, 3.05) is 7.11 Å². The quantitative estimate of drug-likeness (QED) is 0.593. The van der Waals surface area contributed by atoms with E-state index in [1.165, 1.54) is 6.33 Å². The predicted molar refractivity (Wildman–Crippen MR) is 54.8 cm³/mol. The molecule has 0 aliphatic rings. The van der Waals surface area contributed by atoms with Crippen LogP contribution in [-0.2, 0) is 0 Å². The van der Waals surface area contributed by atoms with Crippen molar-refractivity contribution in [3.05, 3.63) is 30.9 Å². The van der Waals surface area contributed by atoms with Crippen molar-refractivity contribution in [3.8, 4) is 5.75 Å². The maximum absolute atomic E-state index is 5.13. The van der Waals surface area contributed by atoms with Crippen LogP contribution in [0.5, 0.6) is 5.75 Å². The molecule has 15 heavy (non-hydrogen) atoms. The molecule has 0 fully saturated rings. The number of ether oxygens (including phenoxy) is 1. The first kappa shape index (κ1) is 8.16. The van der Waals surface area contributed by atoms with Gasteiger partial charge in [-0.05, 0) is 12.1 Å². The predicted octanol–water partition coefficient (Wildman–Crippen LogP) is 1.29. The third-order valence-electron chi connectivity index (χ3n) is 2.33. The van der Waals surface area contributed by atoms with E-state index in [1.54, 1.807) is 18.0 Å². The monoisotopic (exact) mass is 200 g/mol. The van der Waals surface area contributed by atoms with Crippen LogP contribution in [0.15, 0.2) is 30.9 Å². The molecule has 0 aliphatic heterocycles. The molecule has 5 nitrogen and oxygen atoms in total. The molecule has 1 aromatic carbocycles. The number of fused-ring (bicyclic) bond motifs is 3. The maximum Gasteiger partial charge on any atom is 0.166 e. The molecule has 0 aliphatic carbocycles.